The van der Waals surface area contributed by atoms with Gasteiger partial charge in [-0.3, -0.25) is 4.57 Å². The van der Waals surface area contributed by atoms with E-state index in [-0.39, 0.29) is 5.82 Å². The number of ether oxygens (including phenoxy) is 1. The van der Waals surface area contributed by atoms with Crippen LogP contribution in [0.1, 0.15) is 28.7 Å². The van der Waals surface area contributed by atoms with Crippen LogP contribution in [0, 0.1) is 13.8 Å². The van der Waals surface area contributed by atoms with Gasteiger partial charge in [-0.05, 0) is 48.3 Å². The normalized spacial score (nSPS) is 10.5. The first kappa shape index (κ1) is 13.8. The molecule has 19 heavy (non-hydrogen) atoms. The van der Waals surface area contributed by atoms with Crippen molar-refractivity contribution >= 4 is 21.9 Å². The van der Waals surface area contributed by atoms with Crippen LogP contribution in [0.5, 0.6) is 0 Å². The SMILES string of the molecule is CCOC(=O)c1nc(Br)cn1-c1ccc(C)cc1C. The van der Waals surface area contributed by atoms with E-state index in [9.17, 15) is 4.79 Å². The van der Waals surface area contributed by atoms with Crippen molar-refractivity contribution in [1.82, 2.24) is 9.55 Å². The zero-order chi connectivity index (χ0) is 14.0. The summed E-state index contributed by atoms with van der Waals surface area (Å²) < 4.78 is 7.38. The molecular weight excluding hydrogens is 308 g/mol. The molecule has 0 aliphatic heterocycles. The molecule has 5 heteroatoms. The number of esters is 1. The largest absolute Gasteiger partial charge is 0.460 e. The van der Waals surface area contributed by atoms with Crippen molar-refractivity contribution in [3.63, 3.8) is 0 Å². The lowest BCUT2D eigenvalue weighted by Gasteiger charge is -2.10. The third kappa shape index (κ3) is 2.87. The Kier molecular flexibility index (Phi) is 4.04. The third-order valence-electron chi connectivity index (χ3n) is 2.75. The van der Waals surface area contributed by atoms with Crippen molar-refractivity contribution in [2.45, 2.75) is 20.8 Å². The molecule has 0 atom stereocenters. The van der Waals surface area contributed by atoms with Gasteiger partial charge in [0.1, 0.15) is 4.60 Å². The number of rotatable bonds is 3. The van der Waals surface area contributed by atoms with Crippen LogP contribution in [0.15, 0.2) is 29.0 Å². The second-order valence-electron chi connectivity index (χ2n) is 4.27. The van der Waals surface area contributed by atoms with Crippen LogP contribution in [0.4, 0.5) is 0 Å². The van der Waals surface area contributed by atoms with Gasteiger partial charge in [0.25, 0.3) is 0 Å². The Bertz CT molecular complexity index is 620. The fraction of sp³-hybridized carbons (Fsp3) is 0.286. The van der Waals surface area contributed by atoms with Crippen molar-refractivity contribution in [3.8, 4) is 5.69 Å². The highest BCUT2D eigenvalue weighted by atomic mass is 79.9. The van der Waals surface area contributed by atoms with Gasteiger partial charge in [0.2, 0.25) is 5.82 Å². The first-order valence-corrected chi connectivity index (χ1v) is 6.82. The highest BCUT2D eigenvalue weighted by molar-refractivity contribution is 9.10. The summed E-state index contributed by atoms with van der Waals surface area (Å²) in [7, 11) is 0. The summed E-state index contributed by atoms with van der Waals surface area (Å²) in [5.41, 5.74) is 3.18. The van der Waals surface area contributed by atoms with Crippen LogP contribution in [-0.2, 0) is 4.74 Å². The van der Waals surface area contributed by atoms with E-state index in [1.54, 1.807) is 17.7 Å². The molecular formula is C14H15BrN2O2. The summed E-state index contributed by atoms with van der Waals surface area (Å²) in [5, 5.41) is 0. The second kappa shape index (κ2) is 5.57. The molecule has 0 unspecified atom stereocenters. The lowest BCUT2D eigenvalue weighted by Crippen LogP contribution is -2.12. The van der Waals surface area contributed by atoms with E-state index in [1.165, 1.54) is 5.56 Å². The first-order chi connectivity index (χ1) is 9.02. The van der Waals surface area contributed by atoms with E-state index in [0.29, 0.717) is 11.2 Å². The zero-order valence-electron chi connectivity index (χ0n) is 11.1. The minimum atomic E-state index is -0.423. The predicted molar refractivity (Wildman–Crippen MR) is 76.7 cm³/mol. The molecule has 0 radical (unpaired) electrons. The van der Waals surface area contributed by atoms with E-state index in [2.05, 4.69) is 27.0 Å². The molecule has 0 aliphatic rings. The fourth-order valence-corrected chi connectivity index (χ4v) is 2.32. The molecule has 0 fully saturated rings. The molecule has 0 N–H and O–H groups in total. The van der Waals surface area contributed by atoms with Gasteiger partial charge in [-0.15, -0.1) is 0 Å². The molecule has 0 bridgehead atoms. The minimum Gasteiger partial charge on any atom is -0.460 e. The monoisotopic (exact) mass is 322 g/mol. The number of imidazole rings is 1. The van der Waals surface area contributed by atoms with Gasteiger partial charge in [0, 0.05) is 6.20 Å². The smallest absolute Gasteiger partial charge is 0.374 e. The molecule has 0 saturated heterocycles. The molecule has 4 nitrogen and oxygen atoms in total. The number of hydrogen-bond donors (Lipinski definition) is 0. The number of benzene rings is 1. The zero-order valence-corrected chi connectivity index (χ0v) is 12.7. The number of carbonyl (C=O) groups excluding carboxylic acids is 1. The average Bonchev–Trinajstić information content (AvgIpc) is 2.71. The topological polar surface area (TPSA) is 44.1 Å². The van der Waals surface area contributed by atoms with Gasteiger partial charge in [0.05, 0.1) is 12.3 Å². The Morgan fingerprint density at radius 3 is 2.79 bits per heavy atom. The Labute approximate surface area is 120 Å². The summed E-state index contributed by atoms with van der Waals surface area (Å²) in [6.07, 6.45) is 1.77. The number of halogens is 1. The minimum absolute atomic E-state index is 0.278. The van der Waals surface area contributed by atoms with Crippen molar-refractivity contribution in [2.75, 3.05) is 6.61 Å². The average molecular weight is 323 g/mol. The number of carbonyl (C=O) groups is 1. The Morgan fingerprint density at radius 2 is 2.16 bits per heavy atom. The van der Waals surface area contributed by atoms with E-state index in [0.717, 1.165) is 11.3 Å². The lowest BCUT2D eigenvalue weighted by atomic mass is 10.1. The van der Waals surface area contributed by atoms with Crippen LogP contribution < -0.4 is 0 Å². The molecule has 2 aromatic rings. The van der Waals surface area contributed by atoms with E-state index in [1.807, 2.05) is 26.0 Å². The first-order valence-electron chi connectivity index (χ1n) is 6.02. The van der Waals surface area contributed by atoms with Crippen LogP contribution in [0.3, 0.4) is 0 Å². The van der Waals surface area contributed by atoms with Crippen molar-refractivity contribution in [2.24, 2.45) is 0 Å². The van der Waals surface area contributed by atoms with Gasteiger partial charge in [0.15, 0.2) is 0 Å². The summed E-state index contributed by atoms with van der Waals surface area (Å²) >= 11 is 3.30. The molecule has 100 valence electrons. The molecule has 1 aromatic carbocycles. The Morgan fingerprint density at radius 1 is 1.42 bits per heavy atom. The number of nitrogens with zero attached hydrogens (tertiary/aromatic N) is 2. The van der Waals surface area contributed by atoms with Crippen molar-refractivity contribution in [3.05, 3.63) is 46.0 Å². The number of aryl methyl sites for hydroxylation is 2. The van der Waals surface area contributed by atoms with Crippen LogP contribution in [-0.4, -0.2) is 22.1 Å². The van der Waals surface area contributed by atoms with Crippen LogP contribution in [0.2, 0.25) is 0 Å². The standard InChI is InChI=1S/C14H15BrN2O2/c1-4-19-14(18)13-16-12(15)8-17(13)11-6-5-9(2)7-10(11)3/h5-8H,4H2,1-3H3. The molecule has 0 aliphatic carbocycles. The Hall–Kier alpha value is -1.62. The van der Waals surface area contributed by atoms with Crippen molar-refractivity contribution in [1.29, 1.82) is 0 Å². The molecule has 1 aromatic heterocycles. The lowest BCUT2D eigenvalue weighted by molar-refractivity contribution is 0.0510. The molecule has 0 amide bonds. The van der Waals surface area contributed by atoms with Crippen LogP contribution >= 0.6 is 15.9 Å². The van der Waals surface area contributed by atoms with Gasteiger partial charge in [-0.25, -0.2) is 9.78 Å². The van der Waals surface area contributed by atoms with Gasteiger partial charge in [-0.1, -0.05) is 17.7 Å². The Balaban J connectivity index is 2.52. The quantitative estimate of drug-likeness (QED) is 0.813. The summed E-state index contributed by atoms with van der Waals surface area (Å²) in [5.74, 6) is -0.145. The maximum Gasteiger partial charge on any atom is 0.374 e. The van der Waals surface area contributed by atoms with Crippen LogP contribution in [0.25, 0.3) is 5.69 Å². The number of hydrogen-bond acceptors (Lipinski definition) is 3. The second-order valence-corrected chi connectivity index (χ2v) is 5.08. The van der Waals surface area contributed by atoms with Gasteiger partial charge < -0.3 is 4.74 Å². The van der Waals surface area contributed by atoms with Gasteiger partial charge >= 0.3 is 5.97 Å². The molecule has 0 saturated carbocycles. The molecule has 1 heterocycles. The summed E-state index contributed by atoms with van der Waals surface area (Å²) in [6.45, 7) is 6.14. The predicted octanol–water partition coefficient (Wildman–Crippen LogP) is 3.43. The highest BCUT2D eigenvalue weighted by Gasteiger charge is 2.18. The number of aromatic nitrogens is 2. The molecule has 2 rings (SSSR count). The van der Waals surface area contributed by atoms with Gasteiger partial charge in [-0.2, -0.15) is 0 Å². The third-order valence-corrected chi connectivity index (χ3v) is 3.13. The summed E-state index contributed by atoms with van der Waals surface area (Å²) in [4.78, 5) is 16.1. The summed E-state index contributed by atoms with van der Waals surface area (Å²) in [6, 6.07) is 6.05. The maximum absolute atomic E-state index is 11.9. The molecule has 0 spiro atoms. The highest BCUT2D eigenvalue weighted by Crippen LogP contribution is 2.21. The van der Waals surface area contributed by atoms with Crippen molar-refractivity contribution < 1.29 is 9.53 Å². The fourth-order valence-electron chi connectivity index (χ4n) is 1.95. The maximum atomic E-state index is 11.9. The van der Waals surface area contributed by atoms with E-state index in [4.69, 9.17) is 4.74 Å². The van der Waals surface area contributed by atoms with E-state index < -0.39 is 5.97 Å². The van der Waals surface area contributed by atoms with E-state index >= 15 is 0 Å².